The van der Waals surface area contributed by atoms with Gasteiger partial charge in [0.25, 0.3) is 5.56 Å². The Hall–Kier alpha value is -3.71. The lowest BCUT2D eigenvalue weighted by Crippen LogP contribution is -2.23. The first-order valence-electron chi connectivity index (χ1n) is 10.7. The summed E-state index contributed by atoms with van der Waals surface area (Å²) in [6, 6.07) is 21.6. The monoisotopic (exact) mass is 456 g/mol. The first-order valence-corrected chi connectivity index (χ1v) is 11.6. The second-order valence-electron chi connectivity index (χ2n) is 7.96. The molecule has 0 radical (unpaired) electrons. The number of hydrogen-bond acceptors (Lipinski definition) is 6. The highest BCUT2D eigenvalue weighted by molar-refractivity contribution is 7.98. The predicted octanol–water partition coefficient (Wildman–Crippen LogP) is 5.52. The summed E-state index contributed by atoms with van der Waals surface area (Å²) in [5, 5.41) is 1.50. The maximum absolute atomic E-state index is 13.6. The standard InChI is InChI=1S/C26H20N2O4S/c1-16-6-2-3-7-18(16)14-33-26-27-23-19-8-4-5-9-20(19)32-24(23)25(29)28(26)13-17-10-11-21-22(12-17)31-15-30-21/h2-12H,13-15H2,1H3. The number of aryl methyl sites for hydroxylation is 1. The van der Waals surface area contributed by atoms with Gasteiger partial charge in [0.15, 0.2) is 16.7 Å². The highest BCUT2D eigenvalue weighted by atomic mass is 32.2. The third-order valence-corrected chi connectivity index (χ3v) is 6.87. The molecule has 0 fully saturated rings. The van der Waals surface area contributed by atoms with Crippen molar-refractivity contribution < 1.29 is 13.9 Å². The maximum atomic E-state index is 13.6. The number of nitrogens with zero attached hydrogens (tertiary/aromatic N) is 2. The number of para-hydroxylation sites is 1. The van der Waals surface area contributed by atoms with E-state index in [2.05, 4.69) is 19.1 Å². The molecule has 1 aliphatic rings. The summed E-state index contributed by atoms with van der Waals surface area (Å²) >= 11 is 1.55. The van der Waals surface area contributed by atoms with E-state index in [1.165, 1.54) is 11.1 Å². The van der Waals surface area contributed by atoms with Crippen molar-refractivity contribution in [3.8, 4) is 11.5 Å². The summed E-state index contributed by atoms with van der Waals surface area (Å²) in [5.41, 5.74) is 4.69. The van der Waals surface area contributed by atoms with E-state index in [-0.39, 0.29) is 17.9 Å². The van der Waals surface area contributed by atoms with E-state index in [0.717, 1.165) is 10.9 Å². The quantitative estimate of drug-likeness (QED) is 0.256. The van der Waals surface area contributed by atoms with Crippen molar-refractivity contribution in [1.82, 2.24) is 9.55 Å². The molecule has 0 N–H and O–H groups in total. The third-order valence-electron chi connectivity index (χ3n) is 5.84. The van der Waals surface area contributed by atoms with Crippen molar-refractivity contribution in [1.29, 1.82) is 0 Å². The first kappa shape index (κ1) is 19.9. The van der Waals surface area contributed by atoms with Crippen LogP contribution in [0, 0.1) is 6.92 Å². The van der Waals surface area contributed by atoms with E-state index in [1.807, 2.05) is 54.6 Å². The molecule has 7 heteroatoms. The fraction of sp³-hybridized carbons (Fsp3) is 0.154. The van der Waals surface area contributed by atoms with E-state index in [0.29, 0.717) is 40.1 Å². The molecule has 33 heavy (non-hydrogen) atoms. The predicted molar refractivity (Wildman–Crippen MR) is 128 cm³/mol. The summed E-state index contributed by atoms with van der Waals surface area (Å²) < 4.78 is 18.5. The number of benzene rings is 3. The smallest absolute Gasteiger partial charge is 0.298 e. The Bertz CT molecular complexity index is 1570. The molecule has 0 saturated heterocycles. The lowest BCUT2D eigenvalue weighted by Gasteiger charge is -2.13. The van der Waals surface area contributed by atoms with Crippen molar-refractivity contribution in [2.24, 2.45) is 0 Å². The molecule has 0 amide bonds. The molecule has 6 rings (SSSR count). The van der Waals surface area contributed by atoms with Gasteiger partial charge in [-0.3, -0.25) is 9.36 Å². The van der Waals surface area contributed by atoms with Gasteiger partial charge in [-0.2, -0.15) is 0 Å². The summed E-state index contributed by atoms with van der Waals surface area (Å²) in [6.45, 7) is 2.66. The molecule has 1 aliphatic heterocycles. The van der Waals surface area contributed by atoms with E-state index < -0.39 is 0 Å². The number of ether oxygens (including phenoxy) is 2. The second-order valence-corrected chi connectivity index (χ2v) is 8.91. The molecule has 2 aromatic heterocycles. The zero-order chi connectivity index (χ0) is 22.4. The van der Waals surface area contributed by atoms with Crippen molar-refractivity contribution in [2.45, 2.75) is 24.4 Å². The largest absolute Gasteiger partial charge is 0.454 e. The number of thioether (sulfide) groups is 1. The number of furan rings is 1. The van der Waals surface area contributed by atoms with Gasteiger partial charge in [0.2, 0.25) is 12.4 Å². The average molecular weight is 457 g/mol. The van der Waals surface area contributed by atoms with Gasteiger partial charge in [-0.05, 0) is 47.9 Å². The van der Waals surface area contributed by atoms with Gasteiger partial charge in [-0.1, -0.05) is 54.2 Å². The van der Waals surface area contributed by atoms with E-state index in [4.69, 9.17) is 18.9 Å². The van der Waals surface area contributed by atoms with Crippen LogP contribution in [0.4, 0.5) is 0 Å². The summed E-state index contributed by atoms with van der Waals surface area (Å²) in [7, 11) is 0. The highest BCUT2D eigenvalue weighted by Gasteiger charge is 2.20. The Balaban J connectivity index is 1.47. The van der Waals surface area contributed by atoms with Gasteiger partial charge in [-0.15, -0.1) is 0 Å². The van der Waals surface area contributed by atoms with Crippen molar-refractivity contribution >= 4 is 33.8 Å². The van der Waals surface area contributed by atoms with Crippen LogP contribution < -0.4 is 15.0 Å². The summed E-state index contributed by atoms with van der Waals surface area (Å²) in [5.74, 6) is 2.11. The molecule has 0 bridgehead atoms. The average Bonchev–Trinajstić information content (AvgIpc) is 3.45. The molecule has 3 heterocycles. The minimum atomic E-state index is -0.193. The van der Waals surface area contributed by atoms with E-state index in [1.54, 1.807) is 16.3 Å². The number of hydrogen-bond donors (Lipinski definition) is 0. The molecular weight excluding hydrogens is 436 g/mol. The zero-order valence-corrected chi connectivity index (χ0v) is 18.7. The minimum absolute atomic E-state index is 0.193. The Morgan fingerprint density at radius 2 is 1.82 bits per heavy atom. The fourth-order valence-corrected chi connectivity index (χ4v) is 5.11. The molecule has 6 nitrogen and oxygen atoms in total. The molecular formula is C26H20N2O4S. The van der Waals surface area contributed by atoms with Crippen molar-refractivity contribution in [3.63, 3.8) is 0 Å². The van der Waals surface area contributed by atoms with Crippen molar-refractivity contribution in [3.05, 3.63) is 93.8 Å². The Morgan fingerprint density at radius 1 is 1.00 bits per heavy atom. The van der Waals surface area contributed by atoms with Crippen LogP contribution in [0.5, 0.6) is 11.5 Å². The Kier molecular flexibility index (Phi) is 4.84. The van der Waals surface area contributed by atoms with Crippen LogP contribution in [0.25, 0.3) is 22.1 Å². The van der Waals surface area contributed by atoms with Crippen LogP contribution >= 0.6 is 11.8 Å². The Labute approximate surface area is 193 Å². The lowest BCUT2D eigenvalue weighted by atomic mass is 10.1. The van der Waals surface area contributed by atoms with Gasteiger partial charge in [0.05, 0.1) is 6.54 Å². The minimum Gasteiger partial charge on any atom is -0.454 e. The SMILES string of the molecule is Cc1ccccc1CSc1nc2c(oc3ccccc32)c(=O)n1Cc1ccc2c(c1)OCO2. The molecule has 5 aromatic rings. The van der Waals surface area contributed by atoms with Gasteiger partial charge in [-0.25, -0.2) is 4.98 Å². The molecule has 3 aromatic carbocycles. The van der Waals surface area contributed by atoms with Crippen LogP contribution in [0.3, 0.4) is 0 Å². The number of rotatable bonds is 5. The Morgan fingerprint density at radius 3 is 2.73 bits per heavy atom. The number of fused-ring (bicyclic) bond motifs is 4. The third kappa shape index (κ3) is 3.54. The van der Waals surface area contributed by atoms with Gasteiger partial charge in [0, 0.05) is 11.1 Å². The van der Waals surface area contributed by atoms with Crippen LogP contribution in [0.15, 0.2) is 81.1 Å². The summed E-state index contributed by atoms with van der Waals surface area (Å²) in [4.78, 5) is 18.5. The van der Waals surface area contributed by atoms with E-state index in [9.17, 15) is 4.79 Å². The van der Waals surface area contributed by atoms with Gasteiger partial charge >= 0.3 is 0 Å². The van der Waals surface area contributed by atoms with Gasteiger partial charge in [0.1, 0.15) is 11.1 Å². The fourth-order valence-electron chi connectivity index (χ4n) is 4.04. The van der Waals surface area contributed by atoms with E-state index >= 15 is 0 Å². The number of aromatic nitrogens is 2. The molecule has 0 spiro atoms. The van der Waals surface area contributed by atoms with Crippen LogP contribution in [0.2, 0.25) is 0 Å². The maximum Gasteiger partial charge on any atom is 0.298 e. The van der Waals surface area contributed by atoms with Crippen molar-refractivity contribution in [2.75, 3.05) is 6.79 Å². The zero-order valence-electron chi connectivity index (χ0n) is 17.9. The molecule has 164 valence electrons. The summed E-state index contributed by atoms with van der Waals surface area (Å²) in [6.07, 6.45) is 0. The second kappa shape index (κ2) is 8.01. The molecule has 0 aliphatic carbocycles. The van der Waals surface area contributed by atoms with Crippen LogP contribution in [-0.2, 0) is 12.3 Å². The lowest BCUT2D eigenvalue weighted by molar-refractivity contribution is 0.174. The first-order chi connectivity index (χ1) is 16.2. The van der Waals surface area contributed by atoms with Crippen LogP contribution in [0.1, 0.15) is 16.7 Å². The topological polar surface area (TPSA) is 66.5 Å². The highest BCUT2D eigenvalue weighted by Crippen LogP contribution is 2.34. The molecule has 0 saturated carbocycles. The van der Waals surface area contributed by atoms with Gasteiger partial charge < -0.3 is 13.9 Å². The van der Waals surface area contributed by atoms with Crippen LogP contribution in [-0.4, -0.2) is 16.3 Å². The molecule has 0 unspecified atom stereocenters. The molecule has 0 atom stereocenters. The normalized spacial score (nSPS) is 12.6.